The first kappa shape index (κ1) is 27.1. The molecule has 0 saturated carbocycles. The summed E-state index contributed by atoms with van der Waals surface area (Å²) in [5, 5.41) is 16.4. The summed E-state index contributed by atoms with van der Waals surface area (Å²) in [7, 11) is 0. The summed E-state index contributed by atoms with van der Waals surface area (Å²) >= 11 is 3.69. The number of nitrogens with one attached hydrogen (secondary N) is 2. The fourth-order valence-electron chi connectivity index (χ4n) is 6.25. The Morgan fingerprint density at radius 2 is 1.86 bits per heavy atom. The maximum Gasteiger partial charge on any atom is 0.245 e. The van der Waals surface area contributed by atoms with Gasteiger partial charge in [0.25, 0.3) is 0 Å². The summed E-state index contributed by atoms with van der Waals surface area (Å²) in [6, 6.07) is 8.11. The number of hydrogen-bond acceptors (Lipinski definition) is 5. The molecular formula is C27H38BrN3O5. The molecule has 3 N–H and O–H groups in total. The van der Waals surface area contributed by atoms with Gasteiger partial charge < -0.3 is 25.4 Å². The Morgan fingerprint density at radius 1 is 1.14 bits per heavy atom. The van der Waals surface area contributed by atoms with Crippen LogP contribution >= 0.6 is 15.9 Å². The zero-order chi connectivity index (χ0) is 25.9. The second-order valence-corrected chi connectivity index (χ2v) is 11.4. The number of unbranched alkanes of at least 4 members (excludes halogenated alkanes) is 2. The highest BCUT2D eigenvalue weighted by molar-refractivity contribution is 9.09. The van der Waals surface area contributed by atoms with Crippen LogP contribution in [0.5, 0.6) is 0 Å². The molecule has 0 aromatic heterocycles. The van der Waals surface area contributed by atoms with E-state index in [0.29, 0.717) is 25.9 Å². The van der Waals surface area contributed by atoms with Crippen molar-refractivity contribution in [2.45, 2.75) is 81.0 Å². The predicted octanol–water partition coefficient (Wildman–Crippen LogP) is 2.17. The molecule has 0 radical (unpaired) electrons. The van der Waals surface area contributed by atoms with Crippen LogP contribution in [0.15, 0.2) is 30.3 Å². The molecule has 3 amide bonds. The molecule has 3 aliphatic rings. The summed E-state index contributed by atoms with van der Waals surface area (Å²) in [6.07, 6.45) is 4.04. The Balaban J connectivity index is 1.69. The Hall–Kier alpha value is -1.97. The normalized spacial score (nSPS) is 31.4. The van der Waals surface area contributed by atoms with E-state index in [0.717, 1.165) is 31.2 Å². The molecule has 3 aliphatic heterocycles. The average molecular weight is 565 g/mol. The Labute approximate surface area is 221 Å². The molecule has 8 nitrogen and oxygen atoms in total. The van der Waals surface area contributed by atoms with Crippen LogP contribution in [0.3, 0.4) is 0 Å². The van der Waals surface area contributed by atoms with E-state index < -0.39 is 35.6 Å². The summed E-state index contributed by atoms with van der Waals surface area (Å²) in [4.78, 5) is 42.5. The molecule has 0 aliphatic carbocycles. The Kier molecular flexibility index (Phi) is 8.73. The lowest BCUT2D eigenvalue weighted by atomic mass is 9.70. The first-order valence-electron chi connectivity index (χ1n) is 13.2. The molecule has 3 heterocycles. The van der Waals surface area contributed by atoms with Crippen molar-refractivity contribution in [3.63, 3.8) is 0 Å². The molecular weight excluding hydrogens is 526 g/mol. The molecule has 7 atom stereocenters. The predicted molar refractivity (Wildman–Crippen MR) is 139 cm³/mol. The minimum absolute atomic E-state index is 0.143. The quantitative estimate of drug-likeness (QED) is 0.267. The van der Waals surface area contributed by atoms with E-state index in [1.54, 1.807) is 0 Å². The highest BCUT2D eigenvalue weighted by Crippen LogP contribution is 2.60. The minimum atomic E-state index is -1.11. The summed E-state index contributed by atoms with van der Waals surface area (Å²) in [6.45, 7) is 4.81. The van der Waals surface area contributed by atoms with E-state index in [2.05, 4.69) is 33.5 Å². The molecule has 198 valence electrons. The largest absolute Gasteiger partial charge is 0.394 e. The molecule has 1 aromatic carbocycles. The lowest BCUT2D eigenvalue weighted by Gasteiger charge is -2.37. The van der Waals surface area contributed by atoms with E-state index >= 15 is 0 Å². The van der Waals surface area contributed by atoms with E-state index in [1.807, 2.05) is 37.3 Å². The second kappa shape index (κ2) is 11.6. The van der Waals surface area contributed by atoms with Gasteiger partial charge in [-0.25, -0.2) is 0 Å². The van der Waals surface area contributed by atoms with Crippen LogP contribution in [-0.2, 0) is 25.5 Å². The molecule has 4 rings (SSSR count). The van der Waals surface area contributed by atoms with Crippen LogP contribution in [0.25, 0.3) is 0 Å². The lowest BCUT2D eigenvalue weighted by molar-refractivity contribution is -0.145. The van der Waals surface area contributed by atoms with E-state index in [-0.39, 0.29) is 29.2 Å². The lowest BCUT2D eigenvalue weighted by Crippen LogP contribution is -2.58. The maximum atomic E-state index is 14.1. The number of ether oxygens (including phenoxy) is 1. The van der Waals surface area contributed by atoms with Crippen molar-refractivity contribution in [3.05, 3.63) is 35.9 Å². The molecule has 1 aromatic rings. The zero-order valence-corrected chi connectivity index (χ0v) is 22.7. The average Bonchev–Trinajstić information content (AvgIpc) is 3.47. The van der Waals surface area contributed by atoms with Gasteiger partial charge in [-0.3, -0.25) is 14.4 Å². The smallest absolute Gasteiger partial charge is 0.245 e. The number of hydrogen-bond donors (Lipinski definition) is 3. The highest BCUT2D eigenvalue weighted by Gasteiger charge is 2.76. The summed E-state index contributed by atoms with van der Waals surface area (Å²) < 4.78 is 6.50. The van der Waals surface area contributed by atoms with Crippen molar-refractivity contribution in [1.82, 2.24) is 15.5 Å². The fraction of sp³-hybridized carbons (Fsp3) is 0.667. The number of aliphatic hydroxyl groups is 1. The third kappa shape index (κ3) is 4.82. The van der Waals surface area contributed by atoms with Crippen molar-refractivity contribution < 1.29 is 24.2 Å². The van der Waals surface area contributed by atoms with Gasteiger partial charge in [0.05, 0.1) is 30.6 Å². The molecule has 3 saturated heterocycles. The number of carbonyl (C=O) groups is 3. The first-order chi connectivity index (χ1) is 17.4. The van der Waals surface area contributed by atoms with E-state index in [1.165, 1.54) is 4.90 Å². The molecule has 1 spiro atoms. The molecule has 36 heavy (non-hydrogen) atoms. The van der Waals surface area contributed by atoms with Crippen molar-refractivity contribution in [2.75, 3.05) is 19.7 Å². The molecule has 9 heteroatoms. The second-order valence-electron chi connectivity index (χ2n) is 10.2. The van der Waals surface area contributed by atoms with Crippen molar-refractivity contribution >= 4 is 33.7 Å². The summed E-state index contributed by atoms with van der Waals surface area (Å²) in [5.74, 6) is -2.21. The Bertz CT molecular complexity index is 947. The van der Waals surface area contributed by atoms with E-state index in [9.17, 15) is 19.5 Å². The fourth-order valence-corrected chi connectivity index (χ4v) is 7.19. The number of alkyl halides is 1. The molecule has 2 bridgehead atoms. The standard InChI is InChI=1S/C27H38BrN3O5/c1-3-5-9-13-30-25(34)23-27-15-19(28)22(36-27)20(24(33)29-12-4-2)21(27)26(35)31(23)18(16-32)14-17-10-7-6-8-11-17/h6-8,10-11,18-23,32H,3-5,9,12-16H2,1-2H3,(H,29,33)(H,30,34)/t18-,19?,20-,21+,22-,23?,27?/m1/s1. The van der Waals surface area contributed by atoms with Gasteiger partial charge in [0, 0.05) is 17.9 Å². The highest BCUT2D eigenvalue weighted by atomic mass is 79.9. The number of rotatable bonds is 12. The number of likely N-dealkylation sites (tertiary alicyclic amines) is 1. The molecule has 3 fully saturated rings. The van der Waals surface area contributed by atoms with Gasteiger partial charge in [0.1, 0.15) is 11.6 Å². The van der Waals surface area contributed by atoms with Gasteiger partial charge in [0.15, 0.2) is 0 Å². The minimum Gasteiger partial charge on any atom is -0.394 e. The van der Waals surface area contributed by atoms with Gasteiger partial charge >= 0.3 is 0 Å². The van der Waals surface area contributed by atoms with Crippen molar-refractivity contribution in [2.24, 2.45) is 11.8 Å². The monoisotopic (exact) mass is 563 g/mol. The van der Waals surface area contributed by atoms with Crippen LogP contribution in [0, 0.1) is 11.8 Å². The van der Waals surface area contributed by atoms with Crippen molar-refractivity contribution in [1.29, 1.82) is 0 Å². The van der Waals surface area contributed by atoms with Gasteiger partial charge in [-0.1, -0.05) is 73.0 Å². The van der Waals surface area contributed by atoms with Crippen LogP contribution in [-0.4, -0.2) is 76.0 Å². The number of nitrogens with zero attached hydrogens (tertiary/aromatic N) is 1. The van der Waals surface area contributed by atoms with Crippen LogP contribution in [0.2, 0.25) is 0 Å². The van der Waals surface area contributed by atoms with Crippen molar-refractivity contribution in [3.8, 4) is 0 Å². The number of amides is 3. The van der Waals surface area contributed by atoms with Gasteiger partial charge in [-0.05, 0) is 31.2 Å². The Morgan fingerprint density at radius 3 is 2.53 bits per heavy atom. The SMILES string of the molecule is CCCCCNC(=O)C1N([C@@H](CO)Cc2ccccc2)C(=O)[C@@H]2[C@@H](C(=O)NCCC)[C@@H]3OC12CC3Br. The topological polar surface area (TPSA) is 108 Å². The van der Waals surface area contributed by atoms with E-state index in [4.69, 9.17) is 4.74 Å². The maximum absolute atomic E-state index is 14.1. The zero-order valence-electron chi connectivity index (χ0n) is 21.1. The number of benzene rings is 1. The number of aliphatic hydroxyl groups excluding tert-OH is 1. The number of carbonyl (C=O) groups excluding carboxylic acids is 3. The summed E-state index contributed by atoms with van der Waals surface area (Å²) in [5.41, 5.74) is -0.148. The van der Waals surface area contributed by atoms with Gasteiger partial charge in [-0.2, -0.15) is 0 Å². The van der Waals surface area contributed by atoms with Crippen LogP contribution in [0.1, 0.15) is 51.5 Å². The first-order valence-corrected chi connectivity index (χ1v) is 14.1. The third-order valence-corrected chi connectivity index (χ3v) is 8.67. The van der Waals surface area contributed by atoms with Crippen LogP contribution in [0.4, 0.5) is 0 Å². The van der Waals surface area contributed by atoms with Crippen LogP contribution < -0.4 is 10.6 Å². The number of fused-ring (bicyclic) bond motifs is 1. The molecule has 3 unspecified atom stereocenters. The van der Waals surface area contributed by atoms with Gasteiger partial charge in [-0.15, -0.1) is 0 Å². The third-order valence-electron chi connectivity index (χ3n) is 7.83. The van der Waals surface area contributed by atoms with Gasteiger partial charge in [0.2, 0.25) is 17.7 Å². The number of halogens is 1.